The predicted molar refractivity (Wildman–Crippen MR) is 134 cm³/mol. The molecule has 4 heterocycles. The lowest BCUT2D eigenvalue weighted by Crippen LogP contribution is -2.54. The molecule has 2 aliphatic rings. The first-order valence-corrected chi connectivity index (χ1v) is 12.7. The molecule has 6 rings (SSSR count). The molecule has 1 N–H and O–H groups in total. The van der Waals surface area contributed by atoms with Crippen molar-refractivity contribution in [3.05, 3.63) is 52.9 Å². The van der Waals surface area contributed by atoms with Crippen LogP contribution in [0.25, 0.3) is 27.6 Å². The molecule has 10 nitrogen and oxygen atoms in total. The van der Waals surface area contributed by atoms with Crippen molar-refractivity contribution in [1.82, 2.24) is 34.9 Å². The highest BCUT2D eigenvalue weighted by molar-refractivity contribution is 9.10. The molecular formula is C25H21BrFN7O3. The Morgan fingerprint density at radius 1 is 1.16 bits per heavy atom. The summed E-state index contributed by atoms with van der Waals surface area (Å²) in [7, 11) is 0. The summed E-state index contributed by atoms with van der Waals surface area (Å²) in [5.41, 5.74) is 1.35. The molecule has 12 heteroatoms. The van der Waals surface area contributed by atoms with Crippen LogP contribution in [0, 0.1) is 17.7 Å². The van der Waals surface area contributed by atoms with E-state index in [-0.39, 0.29) is 36.3 Å². The van der Waals surface area contributed by atoms with Crippen LogP contribution in [0.5, 0.6) is 0 Å². The second-order valence-corrected chi connectivity index (χ2v) is 10.2. The van der Waals surface area contributed by atoms with Gasteiger partial charge in [-0.25, -0.2) is 19.0 Å². The number of amides is 3. The van der Waals surface area contributed by atoms with Crippen LogP contribution < -0.4 is 5.32 Å². The highest BCUT2D eigenvalue weighted by Gasteiger charge is 2.36. The fourth-order valence-corrected chi connectivity index (χ4v) is 5.67. The maximum Gasteiger partial charge on any atom is 0.246 e. The predicted octanol–water partition coefficient (Wildman–Crippen LogP) is 2.71. The molecule has 3 amide bonds. The average Bonchev–Trinajstić information content (AvgIpc) is 3.47. The van der Waals surface area contributed by atoms with Gasteiger partial charge in [0.05, 0.1) is 11.1 Å². The summed E-state index contributed by atoms with van der Waals surface area (Å²) in [5.74, 6) is -0.952. The van der Waals surface area contributed by atoms with Gasteiger partial charge in [-0.1, -0.05) is 6.07 Å². The van der Waals surface area contributed by atoms with E-state index in [0.29, 0.717) is 51.8 Å². The molecule has 37 heavy (non-hydrogen) atoms. The maximum atomic E-state index is 14.7. The van der Waals surface area contributed by atoms with Crippen molar-refractivity contribution in [2.75, 3.05) is 13.1 Å². The number of fused-ring (bicyclic) bond motifs is 2. The van der Waals surface area contributed by atoms with E-state index in [9.17, 15) is 18.8 Å². The van der Waals surface area contributed by atoms with E-state index in [2.05, 4.69) is 36.3 Å². The van der Waals surface area contributed by atoms with E-state index < -0.39 is 17.6 Å². The zero-order valence-corrected chi connectivity index (χ0v) is 21.1. The number of nitrogens with one attached hydrogen (secondary N) is 1. The SMILES string of the molecule is O=C1CN(C(=O)[C@@H]2CC[C@@H](Cc3ncc4c(Br)nn(-c5cc(F)c6ncccc6c5)c4n3)C2)CC(=O)N1. The molecule has 1 saturated carbocycles. The Morgan fingerprint density at radius 3 is 2.78 bits per heavy atom. The molecule has 0 radical (unpaired) electrons. The van der Waals surface area contributed by atoms with Crippen LogP contribution in [-0.2, 0) is 20.8 Å². The molecule has 1 aliphatic carbocycles. The minimum absolute atomic E-state index is 0.0875. The number of imide groups is 1. The third-order valence-corrected chi connectivity index (χ3v) is 7.52. The molecule has 1 aromatic carbocycles. The molecule has 0 unspecified atom stereocenters. The van der Waals surface area contributed by atoms with E-state index >= 15 is 0 Å². The molecular weight excluding hydrogens is 545 g/mol. The minimum Gasteiger partial charge on any atom is -0.324 e. The van der Waals surface area contributed by atoms with Gasteiger partial charge in [0.15, 0.2) is 11.5 Å². The lowest BCUT2D eigenvalue weighted by molar-refractivity contribution is -0.147. The van der Waals surface area contributed by atoms with Crippen molar-refractivity contribution < 1.29 is 18.8 Å². The molecule has 188 valence electrons. The summed E-state index contributed by atoms with van der Waals surface area (Å²) < 4.78 is 16.9. The lowest BCUT2D eigenvalue weighted by atomic mass is 10.00. The van der Waals surface area contributed by atoms with Crippen molar-refractivity contribution in [2.45, 2.75) is 25.7 Å². The van der Waals surface area contributed by atoms with Gasteiger partial charge in [-0.05, 0) is 53.2 Å². The van der Waals surface area contributed by atoms with Crippen molar-refractivity contribution in [3.8, 4) is 5.69 Å². The normalized spacial score (nSPS) is 20.1. The molecule has 0 spiro atoms. The van der Waals surface area contributed by atoms with Crippen molar-refractivity contribution in [1.29, 1.82) is 0 Å². The third-order valence-electron chi connectivity index (χ3n) is 6.94. The fraction of sp³-hybridized carbons (Fsp3) is 0.320. The molecule has 0 bridgehead atoms. The molecule has 3 aromatic heterocycles. The highest BCUT2D eigenvalue weighted by Crippen LogP contribution is 2.35. The number of nitrogens with zero attached hydrogens (tertiary/aromatic N) is 6. The van der Waals surface area contributed by atoms with Crippen molar-refractivity contribution >= 4 is 55.6 Å². The monoisotopic (exact) mass is 565 g/mol. The summed E-state index contributed by atoms with van der Waals surface area (Å²) in [6.07, 6.45) is 5.95. The van der Waals surface area contributed by atoms with Gasteiger partial charge in [-0.3, -0.25) is 24.7 Å². The largest absolute Gasteiger partial charge is 0.324 e. The second-order valence-electron chi connectivity index (χ2n) is 9.47. The molecule has 2 fully saturated rings. The average molecular weight is 566 g/mol. The van der Waals surface area contributed by atoms with Gasteiger partial charge in [0, 0.05) is 36.2 Å². The Balaban J connectivity index is 1.23. The Morgan fingerprint density at radius 2 is 1.97 bits per heavy atom. The Hall–Kier alpha value is -3.80. The highest BCUT2D eigenvalue weighted by atomic mass is 79.9. The number of rotatable bonds is 4. The number of carbonyl (C=O) groups is 3. The lowest BCUT2D eigenvalue weighted by Gasteiger charge is -2.27. The van der Waals surface area contributed by atoms with E-state index in [1.807, 2.05) is 6.07 Å². The zero-order chi connectivity index (χ0) is 25.7. The standard InChI is InChI=1S/C25H21BrFN7O3/c26-23-17-10-29-19(7-13-3-4-15(6-13)25(37)33-11-20(35)31-21(36)12-33)30-24(17)34(32-23)16-8-14-2-1-5-28-22(14)18(27)9-16/h1-2,5,8-10,13,15H,3-4,6-7,11-12H2,(H,31,35,36)/t13-,15-/m1/s1. The van der Waals surface area contributed by atoms with Gasteiger partial charge in [-0.15, -0.1) is 0 Å². The molecule has 2 atom stereocenters. The van der Waals surface area contributed by atoms with Crippen LogP contribution in [0.1, 0.15) is 25.1 Å². The Labute approximate surface area is 218 Å². The topological polar surface area (TPSA) is 123 Å². The molecule has 4 aromatic rings. The zero-order valence-electron chi connectivity index (χ0n) is 19.5. The van der Waals surface area contributed by atoms with E-state index in [1.165, 1.54) is 11.0 Å². The number of halogens is 2. The number of aromatic nitrogens is 5. The first kappa shape index (κ1) is 23.6. The van der Waals surface area contributed by atoms with Crippen LogP contribution in [0.4, 0.5) is 4.39 Å². The summed E-state index contributed by atoms with van der Waals surface area (Å²) >= 11 is 3.45. The summed E-state index contributed by atoms with van der Waals surface area (Å²) in [4.78, 5) is 50.9. The van der Waals surface area contributed by atoms with Crippen molar-refractivity contribution in [3.63, 3.8) is 0 Å². The van der Waals surface area contributed by atoms with Crippen LogP contribution in [-0.4, -0.2) is 60.4 Å². The van der Waals surface area contributed by atoms with Gasteiger partial charge >= 0.3 is 0 Å². The first-order valence-electron chi connectivity index (χ1n) is 11.9. The van der Waals surface area contributed by atoms with Crippen LogP contribution in [0.2, 0.25) is 0 Å². The first-order chi connectivity index (χ1) is 17.9. The van der Waals surface area contributed by atoms with E-state index in [1.54, 1.807) is 29.2 Å². The number of carbonyl (C=O) groups excluding carboxylic acids is 3. The smallest absolute Gasteiger partial charge is 0.246 e. The number of piperazine rings is 1. The van der Waals surface area contributed by atoms with Crippen molar-refractivity contribution in [2.24, 2.45) is 11.8 Å². The van der Waals surface area contributed by atoms with Crippen LogP contribution in [0.3, 0.4) is 0 Å². The number of benzene rings is 1. The fourth-order valence-electron chi connectivity index (χ4n) is 5.23. The summed E-state index contributed by atoms with van der Waals surface area (Å²) in [6, 6.07) is 6.74. The van der Waals surface area contributed by atoms with Crippen LogP contribution >= 0.6 is 15.9 Å². The number of hydrogen-bond donors (Lipinski definition) is 1. The minimum atomic E-state index is -0.453. The van der Waals surface area contributed by atoms with Gasteiger partial charge in [-0.2, -0.15) is 5.10 Å². The van der Waals surface area contributed by atoms with E-state index in [4.69, 9.17) is 4.98 Å². The third kappa shape index (κ3) is 4.45. The quantitative estimate of drug-likeness (QED) is 0.377. The molecule has 1 saturated heterocycles. The number of hydrogen-bond acceptors (Lipinski definition) is 7. The van der Waals surface area contributed by atoms with Gasteiger partial charge in [0.25, 0.3) is 0 Å². The van der Waals surface area contributed by atoms with Gasteiger partial charge in [0.2, 0.25) is 17.7 Å². The Bertz CT molecular complexity index is 1570. The van der Waals surface area contributed by atoms with Gasteiger partial charge < -0.3 is 4.90 Å². The van der Waals surface area contributed by atoms with Gasteiger partial charge in [0.1, 0.15) is 29.0 Å². The maximum absolute atomic E-state index is 14.7. The summed E-state index contributed by atoms with van der Waals surface area (Å²) in [6.45, 7) is -0.175. The summed E-state index contributed by atoms with van der Waals surface area (Å²) in [5, 5.41) is 8.08. The second kappa shape index (κ2) is 9.25. The number of pyridine rings is 1. The van der Waals surface area contributed by atoms with E-state index in [0.717, 1.165) is 6.42 Å². The molecule has 1 aliphatic heterocycles. The van der Waals surface area contributed by atoms with Crippen LogP contribution in [0.15, 0.2) is 41.3 Å². The Kier molecular flexibility index (Phi) is 5.90.